The largest absolute Gasteiger partial charge is 0.373 e. The number of non-ortho nitro benzene ring substituents is 1. The predicted molar refractivity (Wildman–Crippen MR) is 127 cm³/mol. The lowest BCUT2D eigenvalue weighted by Crippen LogP contribution is -2.42. The standard InChI is InChI=1S/C23H21ClN6O3/c1-27-8-10-28(11-9-27)14-19-23(31)29-20-7-6-15(30(32)33)12-17(20)22(25-13-21(29)26-19)16-4-2-3-5-18(16)24/h2-7,12,14H,8-11,13H2,1H3/b19-14-. The van der Waals surface area contributed by atoms with Crippen molar-refractivity contribution in [3.8, 4) is 0 Å². The van der Waals surface area contributed by atoms with Crippen LogP contribution in [0.1, 0.15) is 11.1 Å². The first-order chi connectivity index (χ1) is 15.9. The third-order valence-electron chi connectivity index (χ3n) is 5.97. The summed E-state index contributed by atoms with van der Waals surface area (Å²) in [5.74, 6) is 0.215. The van der Waals surface area contributed by atoms with Crippen LogP contribution in [0.25, 0.3) is 0 Å². The maximum Gasteiger partial charge on any atom is 0.284 e. The van der Waals surface area contributed by atoms with Crippen LogP contribution in [-0.2, 0) is 4.79 Å². The molecule has 1 saturated heterocycles. The van der Waals surface area contributed by atoms with Crippen LogP contribution in [0.3, 0.4) is 0 Å². The summed E-state index contributed by atoms with van der Waals surface area (Å²) in [6.45, 7) is 3.60. The summed E-state index contributed by atoms with van der Waals surface area (Å²) in [6.07, 6.45) is 1.81. The molecule has 3 heterocycles. The minimum Gasteiger partial charge on any atom is -0.373 e. The Balaban J connectivity index is 1.60. The molecule has 0 N–H and O–H groups in total. The highest BCUT2D eigenvalue weighted by molar-refractivity contribution is 6.37. The summed E-state index contributed by atoms with van der Waals surface area (Å²) in [5, 5.41) is 12.0. The highest BCUT2D eigenvalue weighted by Gasteiger charge is 2.36. The molecule has 9 nitrogen and oxygen atoms in total. The molecule has 3 aliphatic rings. The smallest absolute Gasteiger partial charge is 0.284 e. The van der Waals surface area contributed by atoms with Gasteiger partial charge in [0.1, 0.15) is 11.5 Å². The van der Waals surface area contributed by atoms with Crippen LogP contribution in [0, 0.1) is 10.1 Å². The topological polar surface area (TPSA) is 94.7 Å². The first kappa shape index (κ1) is 21.3. The number of amides is 1. The number of nitro benzene ring substituents is 1. The number of piperazine rings is 1. The molecule has 168 valence electrons. The Morgan fingerprint density at radius 3 is 2.58 bits per heavy atom. The van der Waals surface area contributed by atoms with E-state index in [4.69, 9.17) is 16.6 Å². The number of benzene rings is 2. The summed E-state index contributed by atoms with van der Waals surface area (Å²) in [7, 11) is 2.07. The second-order valence-corrected chi connectivity index (χ2v) is 8.53. The maximum atomic E-state index is 13.4. The lowest BCUT2D eigenvalue weighted by Gasteiger charge is -2.31. The molecule has 10 heteroatoms. The van der Waals surface area contributed by atoms with Crippen LogP contribution < -0.4 is 4.90 Å². The number of nitro groups is 1. The fourth-order valence-corrected chi connectivity index (χ4v) is 4.40. The van der Waals surface area contributed by atoms with Crippen molar-refractivity contribution in [1.29, 1.82) is 0 Å². The zero-order valence-corrected chi connectivity index (χ0v) is 18.7. The van der Waals surface area contributed by atoms with Gasteiger partial charge in [-0.25, -0.2) is 4.99 Å². The van der Waals surface area contributed by atoms with E-state index in [9.17, 15) is 14.9 Å². The number of hydrogen-bond donors (Lipinski definition) is 0. The molecule has 0 aromatic heterocycles. The van der Waals surface area contributed by atoms with Crippen LogP contribution in [0.5, 0.6) is 0 Å². The van der Waals surface area contributed by atoms with Crippen molar-refractivity contribution in [2.24, 2.45) is 9.98 Å². The number of rotatable bonds is 3. The molecule has 0 saturated carbocycles. The lowest BCUT2D eigenvalue weighted by atomic mass is 9.99. The Hall–Kier alpha value is -3.56. The average Bonchev–Trinajstić information content (AvgIpc) is 3.01. The van der Waals surface area contributed by atoms with E-state index in [-0.39, 0.29) is 18.1 Å². The molecule has 2 aromatic carbocycles. The Morgan fingerprint density at radius 1 is 1.09 bits per heavy atom. The summed E-state index contributed by atoms with van der Waals surface area (Å²) in [5.41, 5.74) is 2.36. The molecule has 33 heavy (non-hydrogen) atoms. The van der Waals surface area contributed by atoms with Crippen molar-refractivity contribution in [1.82, 2.24) is 9.80 Å². The van der Waals surface area contributed by atoms with E-state index in [0.717, 1.165) is 26.2 Å². The van der Waals surface area contributed by atoms with E-state index in [2.05, 4.69) is 21.8 Å². The number of halogens is 1. The first-order valence-electron chi connectivity index (χ1n) is 10.6. The summed E-state index contributed by atoms with van der Waals surface area (Å²) in [4.78, 5) is 39.6. The van der Waals surface area contributed by atoms with Gasteiger partial charge in [-0.2, -0.15) is 0 Å². The second kappa shape index (κ2) is 8.42. The molecular formula is C23H21ClN6O3. The number of amidine groups is 1. The van der Waals surface area contributed by atoms with Gasteiger partial charge in [-0.1, -0.05) is 29.8 Å². The highest BCUT2D eigenvalue weighted by Crippen LogP contribution is 2.35. The van der Waals surface area contributed by atoms with E-state index >= 15 is 0 Å². The van der Waals surface area contributed by atoms with Crippen LogP contribution >= 0.6 is 11.6 Å². The Morgan fingerprint density at radius 2 is 1.85 bits per heavy atom. The Kier molecular flexibility index (Phi) is 5.43. The first-order valence-corrected chi connectivity index (χ1v) is 10.9. The van der Waals surface area contributed by atoms with Gasteiger partial charge in [0.2, 0.25) is 0 Å². The van der Waals surface area contributed by atoms with Crippen molar-refractivity contribution in [3.05, 3.63) is 80.6 Å². The van der Waals surface area contributed by atoms with Gasteiger partial charge in [-0.3, -0.25) is 24.8 Å². The van der Waals surface area contributed by atoms with Gasteiger partial charge < -0.3 is 9.80 Å². The van der Waals surface area contributed by atoms with E-state index in [1.54, 1.807) is 24.4 Å². The zero-order chi connectivity index (χ0) is 23.1. The molecule has 0 bridgehead atoms. The minimum absolute atomic E-state index is 0.0891. The van der Waals surface area contributed by atoms with Gasteiger partial charge >= 0.3 is 0 Å². The number of fused-ring (bicyclic) bond motifs is 3. The quantitative estimate of drug-likeness (QED) is 0.395. The number of aliphatic imine (C=N–C) groups is 2. The number of hydrogen-bond acceptors (Lipinski definition) is 7. The highest BCUT2D eigenvalue weighted by atomic mass is 35.5. The maximum absolute atomic E-state index is 13.4. The van der Waals surface area contributed by atoms with Gasteiger partial charge in [0.05, 0.1) is 22.9 Å². The van der Waals surface area contributed by atoms with E-state index in [1.807, 2.05) is 12.1 Å². The molecule has 0 radical (unpaired) electrons. The number of likely N-dealkylation sites (N-methyl/N-ethyl adjacent to an activating group) is 1. The van der Waals surface area contributed by atoms with Gasteiger partial charge in [-0.15, -0.1) is 0 Å². The van der Waals surface area contributed by atoms with Gasteiger partial charge in [0.25, 0.3) is 11.6 Å². The van der Waals surface area contributed by atoms with Crippen LogP contribution in [-0.4, -0.2) is 71.9 Å². The molecule has 0 atom stereocenters. The van der Waals surface area contributed by atoms with Gasteiger partial charge in [0.15, 0.2) is 0 Å². The van der Waals surface area contributed by atoms with E-state index in [1.165, 1.54) is 17.0 Å². The van der Waals surface area contributed by atoms with Crippen LogP contribution in [0.4, 0.5) is 11.4 Å². The summed E-state index contributed by atoms with van der Waals surface area (Å²) in [6, 6.07) is 11.6. The summed E-state index contributed by atoms with van der Waals surface area (Å²) < 4.78 is 0. The van der Waals surface area contributed by atoms with Crippen molar-refractivity contribution in [2.75, 3.05) is 44.7 Å². The lowest BCUT2D eigenvalue weighted by molar-refractivity contribution is -0.384. The molecule has 1 amide bonds. The molecule has 2 aromatic rings. The fraction of sp³-hybridized carbons (Fsp3) is 0.261. The molecule has 5 rings (SSSR count). The SMILES string of the molecule is CN1CCN(/C=C2\N=C3CN=C(c4ccccc4Cl)c4cc([N+](=O)[O-])ccc4N3C2=O)CC1. The number of nitrogens with zero attached hydrogens (tertiary/aromatic N) is 6. The Bertz CT molecular complexity index is 1250. The monoisotopic (exact) mass is 464 g/mol. The predicted octanol–water partition coefficient (Wildman–Crippen LogP) is 2.93. The fourth-order valence-electron chi connectivity index (χ4n) is 4.17. The van der Waals surface area contributed by atoms with Crippen LogP contribution in [0.2, 0.25) is 5.02 Å². The molecule has 0 spiro atoms. The third kappa shape index (κ3) is 3.90. The van der Waals surface area contributed by atoms with E-state index < -0.39 is 4.92 Å². The molecule has 3 aliphatic heterocycles. The van der Waals surface area contributed by atoms with Crippen molar-refractivity contribution in [2.45, 2.75) is 0 Å². The molecular weight excluding hydrogens is 444 g/mol. The third-order valence-corrected chi connectivity index (χ3v) is 6.30. The molecule has 0 unspecified atom stereocenters. The van der Waals surface area contributed by atoms with Crippen molar-refractivity contribution < 1.29 is 9.72 Å². The Labute approximate surface area is 195 Å². The number of anilines is 1. The second-order valence-electron chi connectivity index (χ2n) is 8.13. The molecule has 1 fully saturated rings. The molecule has 0 aliphatic carbocycles. The van der Waals surface area contributed by atoms with E-state index in [0.29, 0.717) is 39.1 Å². The van der Waals surface area contributed by atoms with Crippen molar-refractivity contribution >= 4 is 40.4 Å². The minimum atomic E-state index is -0.463. The van der Waals surface area contributed by atoms with Crippen LogP contribution in [0.15, 0.2) is 64.3 Å². The number of carbonyl (C=O) groups is 1. The number of carbonyl (C=O) groups excluding carboxylic acids is 1. The summed E-state index contributed by atoms with van der Waals surface area (Å²) >= 11 is 6.43. The van der Waals surface area contributed by atoms with Gasteiger partial charge in [-0.05, 0) is 19.2 Å². The normalized spacial score (nSPS) is 19.7. The zero-order valence-electron chi connectivity index (χ0n) is 17.9. The van der Waals surface area contributed by atoms with Crippen molar-refractivity contribution in [3.63, 3.8) is 0 Å². The van der Waals surface area contributed by atoms with Gasteiger partial charge in [0, 0.05) is 60.7 Å². The average molecular weight is 465 g/mol.